The topological polar surface area (TPSA) is 37.7 Å². The van der Waals surface area contributed by atoms with Crippen LogP contribution in [0.4, 0.5) is 24.5 Å². The predicted molar refractivity (Wildman–Crippen MR) is 106 cm³/mol. The Hall–Kier alpha value is -3.09. The molecule has 148 valence electrons. The highest BCUT2D eigenvalue weighted by molar-refractivity contribution is 5.95. The second-order valence-electron chi connectivity index (χ2n) is 7.96. The third-order valence-corrected chi connectivity index (χ3v) is 6.10. The van der Waals surface area contributed by atoms with Crippen molar-refractivity contribution in [2.24, 2.45) is 4.99 Å². The van der Waals surface area contributed by atoms with Gasteiger partial charge >= 0.3 is 6.18 Å². The monoisotopic (exact) mass is 397 g/mol. The van der Waals surface area contributed by atoms with Gasteiger partial charge in [0.2, 0.25) is 5.72 Å². The molecule has 1 unspecified atom stereocenters. The number of rotatable bonds is 0. The van der Waals surface area contributed by atoms with Gasteiger partial charge in [-0.05, 0) is 49.7 Å². The van der Waals surface area contributed by atoms with Crippen molar-refractivity contribution in [2.75, 3.05) is 11.9 Å². The van der Waals surface area contributed by atoms with Gasteiger partial charge in [-0.15, -0.1) is 0 Å². The van der Waals surface area contributed by atoms with Gasteiger partial charge in [0.05, 0.1) is 17.2 Å². The average Bonchev–Trinajstić information content (AvgIpc) is 2.85. The second-order valence-corrected chi connectivity index (χ2v) is 7.96. The fourth-order valence-corrected chi connectivity index (χ4v) is 4.39. The van der Waals surface area contributed by atoms with E-state index in [1.807, 2.05) is 50.1 Å². The van der Waals surface area contributed by atoms with Gasteiger partial charge in [-0.1, -0.05) is 12.1 Å². The van der Waals surface area contributed by atoms with E-state index in [1.165, 1.54) is 12.1 Å². The van der Waals surface area contributed by atoms with E-state index < -0.39 is 22.9 Å². The molecule has 0 N–H and O–H groups in total. The summed E-state index contributed by atoms with van der Waals surface area (Å²) in [6.07, 6.45) is -1.03. The highest BCUT2D eigenvalue weighted by atomic mass is 19.4. The Kier molecular flexibility index (Phi) is 3.40. The maximum atomic E-state index is 13.3. The summed E-state index contributed by atoms with van der Waals surface area (Å²) < 4.78 is 46.6. The summed E-state index contributed by atoms with van der Waals surface area (Å²) in [6.45, 7) is 3.76. The van der Waals surface area contributed by atoms with Crippen molar-refractivity contribution >= 4 is 28.5 Å². The normalized spacial score (nSPS) is 21.9. The molecule has 7 heteroatoms. The van der Waals surface area contributed by atoms with Crippen molar-refractivity contribution in [3.63, 3.8) is 0 Å². The van der Waals surface area contributed by atoms with Crippen LogP contribution in [0.3, 0.4) is 0 Å². The molecule has 2 aliphatic heterocycles. The van der Waals surface area contributed by atoms with E-state index in [9.17, 15) is 13.2 Å². The number of aliphatic imine (C=N–C) groups is 1. The zero-order chi connectivity index (χ0) is 20.6. The van der Waals surface area contributed by atoms with Crippen LogP contribution in [0.2, 0.25) is 0 Å². The Morgan fingerprint density at radius 2 is 1.86 bits per heavy atom. The lowest BCUT2D eigenvalue weighted by atomic mass is 9.77. The molecule has 0 fully saturated rings. The summed E-state index contributed by atoms with van der Waals surface area (Å²) in [5.41, 5.74) is 0.0452. The van der Waals surface area contributed by atoms with Crippen molar-refractivity contribution in [1.29, 1.82) is 0 Å². The summed E-state index contributed by atoms with van der Waals surface area (Å²) in [6, 6.07) is 11.4. The lowest BCUT2D eigenvalue weighted by molar-refractivity contribution is -0.137. The Morgan fingerprint density at radius 3 is 2.62 bits per heavy atom. The van der Waals surface area contributed by atoms with E-state index in [0.717, 1.165) is 11.5 Å². The van der Waals surface area contributed by atoms with E-state index in [0.29, 0.717) is 28.2 Å². The lowest BCUT2D eigenvalue weighted by Crippen LogP contribution is -2.61. The first kappa shape index (κ1) is 18.0. The van der Waals surface area contributed by atoms with E-state index in [2.05, 4.69) is 9.98 Å². The van der Waals surface area contributed by atoms with Crippen LogP contribution in [0.25, 0.3) is 10.9 Å². The van der Waals surface area contributed by atoms with Crippen LogP contribution in [-0.2, 0) is 11.6 Å². The number of hydrogen-bond acceptors (Lipinski definition) is 4. The minimum absolute atomic E-state index is 0.536. The van der Waals surface area contributed by atoms with E-state index in [1.54, 1.807) is 12.4 Å². The molecule has 3 heterocycles. The first-order valence-electron chi connectivity index (χ1n) is 9.23. The van der Waals surface area contributed by atoms with Crippen LogP contribution >= 0.6 is 0 Å². The maximum absolute atomic E-state index is 13.3. The first-order valence-corrected chi connectivity index (χ1v) is 9.23. The molecule has 0 amide bonds. The number of likely N-dealkylation sites (N-methyl/N-ethyl adjacent to an activating group) is 1. The van der Waals surface area contributed by atoms with E-state index in [-0.39, 0.29) is 0 Å². The number of nitrogens with zero attached hydrogens (tertiary/aromatic N) is 3. The molecule has 2 aliphatic rings. The maximum Gasteiger partial charge on any atom is 0.416 e. The molecule has 0 saturated carbocycles. The zero-order valence-electron chi connectivity index (χ0n) is 16.1. The van der Waals surface area contributed by atoms with Crippen LogP contribution in [0.15, 0.2) is 53.7 Å². The Balaban J connectivity index is 1.70. The molecule has 29 heavy (non-hydrogen) atoms. The second kappa shape index (κ2) is 5.49. The lowest BCUT2D eigenvalue weighted by Gasteiger charge is -2.44. The molecule has 0 saturated heterocycles. The van der Waals surface area contributed by atoms with Crippen molar-refractivity contribution in [3.8, 4) is 5.75 Å². The van der Waals surface area contributed by atoms with Crippen molar-refractivity contribution < 1.29 is 17.9 Å². The molecule has 0 radical (unpaired) electrons. The van der Waals surface area contributed by atoms with Crippen LogP contribution < -0.4 is 9.64 Å². The SMILES string of the molecule is CN1c2ccc(C(F)(F)F)cc2C(C)(C)C12C=Nc1ccc3cccnc3c1O2. The number of benzene rings is 2. The predicted octanol–water partition coefficient (Wildman–Crippen LogP) is 5.47. The molecule has 1 spiro atoms. The van der Waals surface area contributed by atoms with Gasteiger partial charge in [0.25, 0.3) is 0 Å². The molecule has 0 aliphatic carbocycles. The number of anilines is 1. The fourth-order valence-electron chi connectivity index (χ4n) is 4.39. The summed E-state index contributed by atoms with van der Waals surface area (Å²) >= 11 is 0. The van der Waals surface area contributed by atoms with Crippen LogP contribution in [0, 0.1) is 0 Å². The van der Waals surface area contributed by atoms with Gasteiger partial charge in [0.15, 0.2) is 5.75 Å². The van der Waals surface area contributed by atoms with Gasteiger partial charge in [0, 0.05) is 24.3 Å². The van der Waals surface area contributed by atoms with Gasteiger partial charge in [-0.2, -0.15) is 13.2 Å². The Morgan fingerprint density at radius 1 is 1.07 bits per heavy atom. The molecule has 1 aromatic heterocycles. The molecule has 5 rings (SSSR count). The summed E-state index contributed by atoms with van der Waals surface area (Å²) in [5.74, 6) is 0.536. The summed E-state index contributed by atoms with van der Waals surface area (Å²) in [7, 11) is 1.82. The van der Waals surface area contributed by atoms with E-state index >= 15 is 0 Å². The minimum Gasteiger partial charge on any atom is -0.457 e. The molecule has 0 bridgehead atoms. The Labute approximate surface area is 165 Å². The zero-order valence-corrected chi connectivity index (χ0v) is 16.1. The van der Waals surface area contributed by atoms with Crippen molar-refractivity contribution in [2.45, 2.75) is 31.2 Å². The number of halogens is 3. The van der Waals surface area contributed by atoms with Gasteiger partial charge in [0.1, 0.15) is 11.2 Å². The molecular weight excluding hydrogens is 379 g/mol. The first-order chi connectivity index (χ1) is 13.6. The molecule has 4 nitrogen and oxygen atoms in total. The quantitative estimate of drug-likeness (QED) is 0.505. The number of fused-ring (bicyclic) bond motifs is 4. The minimum atomic E-state index is -4.41. The fraction of sp³-hybridized carbons (Fsp3) is 0.273. The highest BCUT2D eigenvalue weighted by Gasteiger charge is 2.59. The summed E-state index contributed by atoms with van der Waals surface area (Å²) in [5, 5.41) is 0.911. The van der Waals surface area contributed by atoms with Crippen molar-refractivity contribution in [3.05, 3.63) is 59.8 Å². The highest BCUT2D eigenvalue weighted by Crippen LogP contribution is 2.55. The third kappa shape index (κ3) is 2.27. The van der Waals surface area contributed by atoms with Gasteiger partial charge < -0.3 is 9.64 Å². The molecular formula is C22H18F3N3O. The Bertz CT molecular complexity index is 1190. The van der Waals surface area contributed by atoms with Gasteiger partial charge in [-0.3, -0.25) is 9.98 Å². The standard InChI is InChI=1S/C22H18F3N3O/c1-20(2)15-11-14(22(23,24)25)7-9-17(15)28(3)21(20)12-27-16-8-6-13-5-4-10-26-18(13)19(16)29-21/h4-12H,1-3H3. The van der Waals surface area contributed by atoms with Crippen molar-refractivity contribution in [1.82, 2.24) is 4.98 Å². The van der Waals surface area contributed by atoms with Crippen LogP contribution in [0.5, 0.6) is 5.75 Å². The van der Waals surface area contributed by atoms with Crippen LogP contribution in [0.1, 0.15) is 25.0 Å². The number of aromatic nitrogens is 1. The molecule has 3 aromatic rings. The van der Waals surface area contributed by atoms with Crippen LogP contribution in [-0.4, -0.2) is 24.0 Å². The number of pyridine rings is 1. The third-order valence-electron chi connectivity index (χ3n) is 6.10. The number of alkyl halides is 3. The molecule has 2 aromatic carbocycles. The smallest absolute Gasteiger partial charge is 0.416 e. The molecule has 1 atom stereocenters. The van der Waals surface area contributed by atoms with E-state index in [4.69, 9.17) is 4.74 Å². The average molecular weight is 397 g/mol. The van der Waals surface area contributed by atoms with Gasteiger partial charge in [-0.25, -0.2) is 0 Å². The number of hydrogen-bond donors (Lipinski definition) is 0. The number of ether oxygens (including phenoxy) is 1. The summed E-state index contributed by atoms with van der Waals surface area (Å²) in [4.78, 5) is 10.9. The largest absolute Gasteiger partial charge is 0.457 e.